The molecule has 0 spiro atoms. The van der Waals surface area contributed by atoms with Gasteiger partial charge in [-0.2, -0.15) is 0 Å². The van der Waals surface area contributed by atoms with Crippen LogP contribution in [0.5, 0.6) is 0 Å². The maximum absolute atomic E-state index is 10.5. The molecule has 0 saturated heterocycles. The Kier molecular flexibility index (Phi) is 3.20. The molecule has 4 aliphatic carbocycles. The molecule has 0 aromatic carbocycles. The van der Waals surface area contributed by atoms with Gasteiger partial charge in [0.05, 0.1) is 12.2 Å². The second-order valence-corrected chi connectivity index (χ2v) is 8.82. The molecule has 1 fully saturated rings. The molecule has 0 heterocycles. The molecule has 2 nitrogen and oxygen atoms in total. The molecule has 2 heteroatoms. The molecule has 0 aliphatic heterocycles. The zero-order valence-corrected chi connectivity index (χ0v) is 14.2. The Morgan fingerprint density at radius 1 is 1.09 bits per heavy atom. The van der Waals surface area contributed by atoms with Gasteiger partial charge < -0.3 is 10.2 Å². The van der Waals surface area contributed by atoms with E-state index in [4.69, 9.17) is 0 Å². The normalized spacial score (nSPS) is 51.0. The predicted octanol–water partition coefficient (Wildman–Crippen LogP) is 3.98. The van der Waals surface area contributed by atoms with Crippen molar-refractivity contribution < 1.29 is 10.2 Å². The maximum atomic E-state index is 10.5. The Hall–Kier alpha value is -0.600. The van der Waals surface area contributed by atoms with E-state index in [1.165, 1.54) is 12.0 Å². The first-order valence-corrected chi connectivity index (χ1v) is 9.17. The number of allylic oxidation sites excluding steroid dienone is 3. The van der Waals surface area contributed by atoms with Gasteiger partial charge in [0.2, 0.25) is 0 Å². The highest BCUT2D eigenvalue weighted by Crippen LogP contribution is 2.63. The summed E-state index contributed by atoms with van der Waals surface area (Å²) < 4.78 is 0. The van der Waals surface area contributed by atoms with Crippen molar-refractivity contribution in [2.75, 3.05) is 0 Å². The molecule has 0 aromatic heterocycles. The van der Waals surface area contributed by atoms with Crippen LogP contribution in [-0.4, -0.2) is 22.4 Å². The number of hydrogen-bond acceptors (Lipinski definition) is 2. The Balaban J connectivity index is 1.83. The van der Waals surface area contributed by atoms with Gasteiger partial charge in [0.25, 0.3) is 0 Å². The first kappa shape index (κ1) is 15.0. The van der Waals surface area contributed by atoms with Crippen molar-refractivity contribution in [1.82, 2.24) is 0 Å². The fourth-order valence-electron chi connectivity index (χ4n) is 6.23. The van der Waals surface area contributed by atoms with Gasteiger partial charge in [-0.3, -0.25) is 0 Å². The Bertz CT molecular complexity index is 560. The molecule has 2 N–H and O–H groups in total. The van der Waals surface area contributed by atoms with Crippen LogP contribution in [0, 0.1) is 22.7 Å². The fraction of sp³-hybridized carbons (Fsp3) is 0.800. The van der Waals surface area contributed by atoms with E-state index in [1.54, 1.807) is 11.1 Å². The van der Waals surface area contributed by atoms with E-state index in [9.17, 15) is 10.2 Å². The number of hydrogen-bond donors (Lipinski definition) is 2. The van der Waals surface area contributed by atoms with Gasteiger partial charge in [0, 0.05) is 10.8 Å². The van der Waals surface area contributed by atoms with E-state index >= 15 is 0 Å². The van der Waals surface area contributed by atoms with Gasteiger partial charge in [-0.1, -0.05) is 43.6 Å². The second-order valence-electron chi connectivity index (χ2n) is 8.82. The largest absolute Gasteiger partial charge is 0.393 e. The minimum atomic E-state index is -0.236. The lowest BCUT2D eigenvalue weighted by Crippen LogP contribution is -2.44. The lowest BCUT2D eigenvalue weighted by molar-refractivity contribution is 0.0287. The SMILES string of the molecule is C[C@H]1CC2=C[C@@H](O)CC[C@]2(C)C2=C1[C@@H]1CC[C@H](O)[C@@]1(C)CC2. The van der Waals surface area contributed by atoms with Gasteiger partial charge in [-0.15, -0.1) is 0 Å². The van der Waals surface area contributed by atoms with Crippen molar-refractivity contribution in [3.8, 4) is 0 Å². The van der Waals surface area contributed by atoms with E-state index in [2.05, 4.69) is 26.8 Å². The first-order valence-electron chi connectivity index (χ1n) is 9.17. The third-order valence-electron chi connectivity index (χ3n) is 7.69. The van der Waals surface area contributed by atoms with Crippen LogP contribution in [0.15, 0.2) is 22.8 Å². The van der Waals surface area contributed by atoms with Gasteiger partial charge in [-0.25, -0.2) is 0 Å². The molecular formula is C20H30O2. The first-order chi connectivity index (χ1) is 10.4. The van der Waals surface area contributed by atoms with Crippen LogP contribution in [0.4, 0.5) is 0 Å². The highest BCUT2D eigenvalue weighted by atomic mass is 16.3. The minimum absolute atomic E-state index is 0.110. The van der Waals surface area contributed by atoms with Gasteiger partial charge >= 0.3 is 0 Å². The molecule has 0 radical (unpaired) electrons. The van der Waals surface area contributed by atoms with Gasteiger partial charge in [-0.05, 0) is 56.8 Å². The highest BCUT2D eigenvalue weighted by Gasteiger charge is 2.54. The molecule has 22 heavy (non-hydrogen) atoms. The summed E-state index contributed by atoms with van der Waals surface area (Å²) in [6, 6.07) is 0. The third-order valence-corrected chi connectivity index (χ3v) is 7.69. The smallest absolute Gasteiger partial charge is 0.0724 e. The molecule has 0 aromatic rings. The van der Waals surface area contributed by atoms with E-state index in [0.29, 0.717) is 11.8 Å². The Morgan fingerprint density at radius 2 is 1.86 bits per heavy atom. The molecule has 4 aliphatic rings. The molecular weight excluding hydrogens is 272 g/mol. The van der Waals surface area contributed by atoms with E-state index in [-0.39, 0.29) is 23.0 Å². The van der Waals surface area contributed by atoms with Crippen molar-refractivity contribution >= 4 is 0 Å². The predicted molar refractivity (Wildman–Crippen MR) is 88.3 cm³/mol. The molecule has 0 bridgehead atoms. The number of fused-ring (bicyclic) bond motifs is 4. The fourth-order valence-corrected chi connectivity index (χ4v) is 6.23. The van der Waals surface area contributed by atoms with Crippen molar-refractivity contribution in [3.05, 3.63) is 22.8 Å². The number of aliphatic hydroxyl groups is 2. The van der Waals surface area contributed by atoms with Crippen molar-refractivity contribution in [3.63, 3.8) is 0 Å². The van der Waals surface area contributed by atoms with Gasteiger partial charge in [0.15, 0.2) is 0 Å². The number of rotatable bonds is 0. The van der Waals surface area contributed by atoms with Crippen LogP contribution < -0.4 is 0 Å². The monoisotopic (exact) mass is 302 g/mol. The highest BCUT2D eigenvalue weighted by molar-refractivity contribution is 5.44. The van der Waals surface area contributed by atoms with Crippen LogP contribution >= 0.6 is 0 Å². The topological polar surface area (TPSA) is 40.5 Å². The van der Waals surface area contributed by atoms with Crippen LogP contribution in [0.3, 0.4) is 0 Å². The summed E-state index contributed by atoms with van der Waals surface area (Å²) in [5, 5.41) is 20.6. The summed E-state index contributed by atoms with van der Waals surface area (Å²) in [5.41, 5.74) is 5.16. The number of aliphatic hydroxyl groups excluding tert-OH is 2. The lowest BCUT2D eigenvalue weighted by atomic mass is 9.52. The summed E-state index contributed by atoms with van der Waals surface area (Å²) in [4.78, 5) is 0. The van der Waals surface area contributed by atoms with Gasteiger partial charge in [0.1, 0.15) is 0 Å². The molecule has 6 atom stereocenters. The third kappa shape index (κ3) is 1.80. The average molecular weight is 302 g/mol. The van der Waals surface area contributed by atoms with E-state index < -0.39 is 0 Å². The van der Waals surface area contributed by atoms with E-state index in [1.807, 2.05) is 0 Å². The summed E-state index contributed by atoms with van der Waals surface area (Å²) in [7, 11) is 0. The molecule has 0 amide bonds. The second kappa shape index (κ2) is 4.70. The standard InChI is InChI=1S/C20H30O2/c1-12-10-13-11-14(21)6-8-19(13,2)16-7-9-20(3)15(18(12)16)4-5-17(20)22/h11-12,14-15,17,21-22H,4-10H2,1-3H3/t12-,14-,15-,17-,19-,20-/m0/s1. The zero-order chi connectivity index (χ0) is 15.7. The average Bonchev–Trinajstić information content (AvgIpc) is 2.77. The molecule has 1 saturated carbocycles. The van der Waals surface area contributed by atoms with Crippen LogP contribution in [-0.2, 0) is 0 Å². The quantitative estimate of drug-likeness (QED) is 0.664. The van der Waals surface area contributed by atoms with Crippen LogP contribution in [0.25, 0.3) is 0 Å². The Labute approximate surface area is 134 Å². The van der Waals surface area contributed by atoms with Crippen LogP contribution in [0.1, 0.15) is 65.7 Å². The lowest BCUT2D eigenvalue weighted by Gasteiger charge is -2.53. The summed E-state index contributed by atoms with van der Waals surface area (Å²) >= 11 is 0. The Morgan fingerprint density at radius 3 is 2.64 bits per heavy atom. The summed E-state index contributed by atoms with van der Waals surface area (Å²) in [6.07, 6.45) is 9.32. The maximum Gasteiger partial charge on any atom is 0.0724 e. The van der Waals surface area contributed by atoms with Crippen molar-refractivity contribution in [2.24, 2.45) is 22.7 Å². The zero-order valence-electron chi connectivity index (χ0n) is 14.2. The molecule has 122 valence electrons. The minimum Gasteiger partial charge on any atom is -0.393 e. The van der Waals surface area contributed by atoms with E-state index in [0.717, 1.165) is 38.5 Å². The van der Waals surface area contributed by atoms with Crippen molar-refractivity contribution in [2.45, 2.75) is 77.9 Å². The van der Waals surface area contributed by atoms with Crippen LogP contribution in [0.2, 0.25) is 0 Å². The van der Waals surface area contributed by atoms with Crippen molar-refractivity contribution in [1.29, 1.82) is 0 Å². The summed E-state index contributed by atoms with van der Waals surface area (Å²) in [6.45, 7) is 7.11. The molecule has 0 unspecified atom stereocenters. The molecule has 4 rings (SSSR count). The summed E-state index contributed by atoms with van der Waals surface area (Å²) in [5.74, 6) is 1.17.